The van der Waals surface area contributed by atoms with Crippen LogP contribution in [0, 0.1) is 0 Å². The predicted molar refractivity (Wildman–Crippen MR) is 72.7 cm³/mol. The number of nitrogens with one attached hydrogen (secondary N) is 1. The van der Waals surface area contributed by atoms with Crippen LogP contribution in [0.2, 0.25) is 0 Å². The highest BCUT2D eigenvalue weighted by Gasteiger charge is 2.44. The number of hydrogen-bond donors (Lipinski definition) is 7. The molecule has 0 amide bonds. The lowest BCUT2D eigenvalue weighted by molar-refractivity contribution is -0.163. The zero-order valence-corrected chi connectivity index (χ0v) is 12.1. The van der Waals surface area contributed by atoms with Crippen molar-refractivity contribution in [2.75, 3.05) is 19.6 Å². The van der Waals surface area contributed by atoms with Gasteiger partial charge in [-0.05, 0) is 13.0 Å². The summed E-state index contributed by atoms with van der Waals surface area (Å²) in [6.45, 7) is -0.468. The zero-order valence-electron chi connectivity index (χ0n) is 12.1. The van der Waals surface area contributed by atoms with E-state index in [1.807, 2.05) is 0 Å². The Hall–Kier alpha value is -1.79. The maximum absolute atomic E-state index is 11.1. The predicted octanol–water partition coefficient (Wildman–Crippen LogP) is -3.64. The second kappa shape index (κ2) is 8.17. The number of hydrogen-bond acceptors (Lipinski definition) is 8. The fraction of sp³-hybridized carbons (Fsp3) is 0.750. The van der Waals surface area contributed by atoms with Crippen LogP contribution < -0.4 is 5.32 Å². The molecule has 1 heterocycles. The number of carbonyl (C=O) groups is 3. The van der Waals surface area contributed by atoms with E-state index < -0.39 is 48.3 Å². The molecule has 7 N–H and O–H groups in total. The minimum Gasteiger partial charge on any atom is -0.480 e. The van der Waals surface area contributed by atoms with Gasteiger partial charge in [0.25, 0.3) is 0 Å². The Morgan fingerprint density at radius 3 is 2.17 bits per heavy atom. The average molecular weight is 336 g/mol. The van der Waals surface area contributed by atoms with Crippen LogP contribution in [0.1, 0.15) is 6.42 Å². The molecule has 0 spiro atoms. The van der Waals surface area contributed by atoms with Crippen LogP contribution in [0.15, 0.2) is 0 Å². The van der Waals surface area contributed by atoms with Crippen molar-refractivity contribution >= 4 is 17.9 Å². The Bertz CT molecular complexity index is 458. The Morgan fingerprint density at radius 2 is 1.74 bits per heavy atom. The van der Waals surface area contributed by atoms with Crippen molar-refractivity contribution in [3.63, 3.8) is 0 Å². The van der Waals surface area contributed by atoms with Crippen molar-refractivity contribution in [2.24, 2.45) is 0 Å². The van der Waals surface area contributed by atoms with E-state index in [1.165, 1.54) is 4.90 Å². The van der Waals surface area contributed by atoms with Gasteiger partial charge in [0.1, 0.15) is 12.1 Å². The van der Waals surface area contributed by atoms with Gasteiger partial charge in [-0.25, -0.2) is 4.79 Å². The molecule has 1 aliphatic heterocycles. The molecule has 1 fully saturated rings. The van der Waals surface area contributed by atoms with Crippen molar-refractivity contribution in [3.05, 3.63) is 0 Å². The molecule has 0 aromatic heterocycles. The molecule has 132 valence electrons. The summed E-state index contributed by atoms with van der Waals surface area (Å²) < 4.78 is 0. The molecule has 0 aliphatic carbocycles. The number of aliphatic hydroxyl groups excluding tert-OH is 3. The number of rotatable bonds is 10. The van der Waals surface area contributed by atoms with Crippen molar-refractivity contribution in [1.82, 2.24) is 10.2 Å². The van der Waals surface area contributed by atoms with E-state index in [4.69, 9.17) is 20.4 Å². The molecular weight excluding hydrogens is 316 g/mol. The second-order valence-corrected chi connectivity index (χ2v) is 5.28. The fourth-order valence-electron chi connectivity index (χ4n) is 2.30. The van der Waals surface area contributed by atoms with E-state index >= 15 is 0 Å². The molecule has 1 aliphatic rings. The van der Waals surface area contributed by atoms with E-state index in [1.54, 1.807) is 0 Å². The molecule has 0 aromatic carbocycles. The molecule has 1 saturated heterocycles. The number of β-amino-alcohol motifs (C(OH)–C–C–N with tert-alkyl or cyclic N) is 2. The van der Waals surface area contributed by atoms with Crippen molar-refractivity contribution < 1.29 is 45.0 Å². The summed E-state index contributed by atoms with van der Waals surface area (Å²) in [6, 6.07) is -2.67. The first-order valence-electron chi connectivity index (χ1n) is 6.85. The first kappa shape index (κ1) is 19.3. The smallest absolute Gasteiger partial charge is 0.332 e. The maximum atomic E-state index is 11.1. The molecule has 11 nitrogen and oxygen atoms in total. The molecule has 5 atom stereocenters. The average Bonchev–Trinajstić information content (AvgIpc) is 2.40. The normalized spacial score (nSPS) is 25.2. The van der Waals surface area contributed by atoms with Gasteiger partial charge in [-0.1, -0.05) is 0 Å². The third-order valence-electron chi connectivity index (χ3n) is 3.57. The first-order chi connectivity index (χ1) is 10.6. The number of likely N-dealkylation sites (tertiary alicyclic amines) is 1. The van der Waals surface area contributed by atoms with Crippen LogP contribution in [-0.2, 0) is 14.4 Å². The second-order valence-electron chi connectivity index (χ2n) is 5.28. The molecular formula is C12H20N2O9. The molecule has 0 radical (unpaired) electrons. The first-order valence-corrected chi connectivity index (χ1v) is 6.85. The summed E-state index contributed by atoms with van der Waals surface area (Å²) in [5, 5.41) is 57.2. The Labute approximate surface area is 130 Å². The van der Waals surface area contributed by atoms with E-state index in [-0.39, 0.29) is 26.1 Å². The monoisotopic (exact) mass is 336 g/mol. The van der Waals surface area contributed by atoms with Gasteiger partial charge in [0.15, 0.2) is 6.10 Å². The minimum atomic E-state index is -1.66. The molecule has 0 bridgehead atoms. The van der Waals surface area contributed by atoms with Gasteiger partial charge in [-0.3, -0.25) is 14.5 Å². The lowest BCUT2D eigenvalue weighted by Gasteiger charge is -2.43. The lowest BCUT2D eigenvalue weighted by Crippen LogP contribution is -2.66. The highest BCUT2D eigenvalue weighted by atomic mass is 16.4. The van der Waals surface area contributed by atoms with E-state index in [0.717, 1.165) is 0 Å². The summed E-state index contributed by atoms with van der Waals surface area (Å²) >= 11 is 0. The third-order valence-corrected chi connectivity index (χ3v) is 3.57. The quantitative estimate of drug-likeness (QED) is 0.208. The summed E-state index contributed by atoms with van der Waals surface area (Å²) in [6.07, 6.45) is -4.48. The van der Waals surface area contributed by atoms with Crippen LogP contribution in [0.25, 0.3) is 0 Å². The van der Waals surface area contributed by atoms with Crippen LogP contribution in [0.5, 0.6) is 0 Å². The Kier molecular flexibility index (Phi) is 6.84. The van der Waals surface area contributed by atoms with Gasteiger partial charge in [-0.15, -0.1) is 0 Å². The number of aliphatic hydroxyl groups is 3. The molecule has 1 rings (SSSR count). The number of aliphatic carboxylic acids is 3. The van der Waals surface area contributed by atoms with Crippen LogP contribution >= 0.6 is 0 Å². The molecule has 0 aromatic rings. The highest BCUT2D eigenvalue weighted by molar-refractivity contribution is 5.76. The van der Waals surface area contributed by atoms with Gasteiger partial charge in [0.05, 0.1) is 12.2 Å². The standard InChI is InChI=1S/C12H20N2O9/c15-5(10(18)19)1-2-13-8(11(20)21)6(16)3-14-4-7(17)9(14)12(22)23/h5-9,13,15-17H,1-4H2,(H,18,19)(H,20,21)(H,22,23)/t5-,6-,7?,8-,9-/m0/s1. The van der Waals surface area contributed by atoms with Crippen molar-refractivity contribution in [3.8, 4) is 0 Å². The summed E-state index contributed by atoms with van der Waals surface area (Å²) in [5.74, 6) is -4.13. The minimum absolute atomic E-state index is 0.00189. The van der Waals surface area contributed by atoms with E-state index in [9.17, 15) is 24.6 Å². The van der Waals surface area contributed by atoms with E-state index in [2.05, 4.69) is 5.32 Å². The summed E-state index contributed by atoms with van der Waals surface area (Å²) in [4.78, 5) is 33.7. The highest BCUT2D eigenvalue weighted by Crippen LogP contribution is 2.19. The van der Waals surface area contributed by atoms with Crippen LogP contribution in [0.4, 0.5) is 0 Å². The lowest BCUT2D eigenvalue weighted by atomic mass is 9.97. The Balaban J connectivity index is 2.52. The fourth-order valence-corrected chi connectivity index (χ4v) is 2.30. The largest absolute Gasteiger partial charge is 0.480 e. The zero-order chi connectivity index (χ0) is 17.7. The van der Waals surface area contributed by atoms with Crippen LogP contribution in [0.3, 0.4) is 0 Å². The third kappa shape index (κ3) is 5.11. The molecule has 0 saturated carbocycles. The van der Waals surface area contributed by atoms with Gasteiger partial charge in [-0.2, -0.15) is 0 Å². The van der Waals surface area contributed by atoms with Gasteiger partial charge in [0, 0.05) is 13.1 Å². The van der Waals surface area contributed by atoms with Gasteiger partial charge >= 0.3 is 17.9 Å². The maximum Gasteiger partial charge on any atom is 0.332 e. The molecule has 1 unspecified atom stereocenters. The van der Waals surface area contributed by atoms with Gasteiger partial charge in [0.2, 0.25) is 0 Å². The van der Waals surface area contributed by atoms with Gasteiger partial charge < -0.3 is 36.0 Å². The Morgan fingerprint density at radius 1 is 1.13 bits per heavy atom. The van der Waals surface area contributed by atoms with E-state index in [0.29, 0.717) is 0 Å². The SMILES string of the molecule is O=C(O)[C@@H](NCC[C@H](O)C(=O)O)[C@@H](O)CN1CC(O)[C@H]1C(=O)O. The summed E-state index contributed by atoms with van der Waals surface area (Å²) in [5.41, 5.74) is 0. The molecule has 11 heteroatoms. The topological polar surface area (TPSA) is 188 Å². The number of carboxylic acids is 3. The molecule has 23 heavy (non-hydrogen) atoms. The summed E-state index contributed by atoms with van der Waals surface area (Å²) in [7, 11) is 0. The van der Waals surface area contributed by atoms with Crippen molar-refractivity contribution in [2.45, 2.75) is 36.8 Å². The van der Waals surface area contributed by atoms with Crippen molar-refractivity contribution in [1.29, 1.82) is 0 Å². The van der Waals surface area contributed by atoms with Crippen LogP contribution in [-0.4, -0.2) is 103 Å². The number of nitrogens with zero attached hydrogens (tertiary/aromatic N) is 1. The number of carboxylic acid groups (broad SMARTS) is 3.